The average Bonchev–Trinajstić information content (AvgIpc) is 2.15. The van der Waals surface area contributed by atoms with Gasteiger partial charge in [0.1, 0.15) is 10.9 Å². The lowest BCUT2D eigenvalue weighted by atomic mass is 10.3. The number of carboxylic acids is 1. The Hall–Kier alpha value is -1.27. The molecule has 82 valence electrons. The maximum absolute atomic E-state index is 10.3. The topological polar surface area (TPSA) is 100 Å². The zero-order valence-corrected chi connectivity index (χ0v) is 9.27. The Labute approximate surface area is 97.0 Å². The molecule has 1 aromatic heterocycles. The van der Waals surface area contributed by atoms with Crippen molar-refractivity contribution in [3.05, 3.63) is 23.9 Å². The molecular formula is C8H10ClN3O2S. The number of carboxylic acid groups (broad SMARTS) is 1. The number of carbonyl (C=O) groups is 1. The predicted octanol–water partition coefficient (Wildman–Crippen LogP) is 0.964. The van der Waals surface area contributed by atoms with Crippen LogP contribution in [0.5, 0.6) is 0 Å². The third kappa shape index (κ3) is 4.18. The van der Waals surface area contributed by atoms with Gasteiger partial charge in [0.05, 0.1) is 5.75 Å². The van der Waals surface area contributed by atoms with Gasteiger partial charge in [0.25, 0.3) is 0 Å². The van der Waals surface area contributed by atoms with Gasteiger partial charge in [-0.3, -0.25) is 10.2 Å². The van der Waals surface area contributed by atoms with E-state index in [1.165, 1.54) is 6.20 Å². The Kier molecular flexibility index (Phi) is 5.73. The van der Waals surface area contributed by atoms with Crippen molar-refractivity contribution in [1.29, 1.82) is 5.41 Å². The van der Waals surface area contributed by atoms with Crippen LogP contribution >= 0.6 is 24.2 Å². The fraction of sp³-hybridized carbons (Fsp3) is 0.125. The summed E-state index contributed by atoms with van der Waals surface area (Å²) < 4.78 is 0. The van der Waals surface area contributed by atoms with E-state index in [9.17, 15) is 4.79 Å². The maximum Gasteiger partial charge on any atom is 0.313 e. The van der Waals surface area contributed by atoms with Crippen molar-refractivity contribution < 1.29 is 9.90 Å². The molecule has 1 aromatic rings. The lowest BCUT2D eigenvalue weighted by molar-refractivity contribution is -0.133. The second-order valence-electron chi connectivity index (χ2n) is 2.45. The van der Waals surface area contributed by atoms with Crippen LogP contribution in [0, 0.1) is 5.41 Å². The molecule has 5 nitrogen and oxygen atoms in total. The van der Waals surface area contributed by atoms with Crippen LogP contribution in [-0.2, 0) is 4.79 Å². The normalized spacial score (nSPS) is 9.07. The molecule has 7 heteroatoms. The van der Waals surface area contributed by atoms with Crippen LogP contribution < -0.4 is 5.73 Å². The van der Waals surface area contributed by atoms with E-state index in [0.29, 0.717) is 10.6 Å². The Morgan fingerprint density at radius 1 is 1.67 bits per heavy atom. The van der Waals surface area contributed by atoms with Crippen LogP contribution in [0.2, 0.25) is 0 Å². The van der Waals surface area contributed by atoms with E-state index in [1.54, 1.807) is 12.1 Å². The molecule has 0 radical (unpaired) electrons. The van der Waals surface area contributed by atoms with Gasteiger partial charge in [0.15, 0.2) is 0 Å². The van der Waals surface area contributed by atoms with Gasteiger partial charge in [-0.1, -0.05) is 11.8 Å². The fourth-order valence-electron chi connectivity index (χ4n) is 0.841. The summed E-state index contributed by atoms with van der Waals surface area (Å²) in [5.74, 6) is -1.11. The SMILES string of the molecule is Cl.N=C(N)c1cccnc1SCC(=O)O. The highest BCUT2D eigenvalue weighted by molar-refractivity contribution is 7.99. The molecule has 1 heterocycles. The van der Waals surface area contributed by atoms with Gasteiger partial charge in [0.2, 0.25) is 0 Å². The smallest absolute Gasteiger partial charge is 0.313 e. The van der Waals surface area contributed by atoms with Crippen molar-refractivity contribution in [2.45, 2.75) is 5.03 Å². The number of hydrogen-bond acceptors (Lipinski definition) is 4. The third-order valence-corrected chi connectivity index (χ3v) is 2.38. The van der Waals surface area contributed by atoms with E-state index in [1.807, 2.05) is 0 Å². The van der Waals surface area contributed by atoms with Crippen molar-refractivity contribution >= 4 is 36.0 Å². The van der Waals surface area contributed by atoms with Gasteiger partial charge in [-0.2, -0.15) is 0 Å². The molecule has 0 amide bonds. The van der Waals surface area contributed by atoms with Gasteiger partial charge >= 0.3 is 5.97 Å². The van der Waals surface area contributed by atoms with E-state index >= 15 is 0 Å². The van der Waals surface area contributed by atoms with Crippen molar-refractivity contribution in [3.63, 3.8) is 0 Å². The molecule has 0 atom stereocenters. The summed E-state index contributed by atoms with van der Waals surface area (Å²) in [7, 11) is 0. The summed E-state index contributed by atoms with van der Waals surface area (Å²) in [6.45, 7) is 0. The maximum atomic E-state index is 10.3. The van der Waals surface area contributed by atoms with E-state index in [2.05, 4.69) is 4.98 Å². The summed E-state index contributed by atoms with van der Waals surface area (Å²) >= 11 is 1.05. The lowest BCUT2D eigenvalue weighted by Gasteiger charge is -2.03. The number of aliphatic carboxylic acids is 1. The number of nitrogens with zero attached hydrogens (tertiary/aromatic N) is 1. The molecule has 4 N–H and O–H groups in total. The molecule has 0 bridgehead atoms. The van der Waals surface area contributed by atoms with Crippen molar-refractivity contribution in [3.8, 4) is 0 Å². The lowest BCUT2D eigenvalue weighted by Crippen LogP contribution is -2.13. The number of nitrogens with two attached hydrogens (primary N) is 1. The van der Waals surface area contributed by atoms with Gasteiger partial charge in [-0.25, -0.2) is 4.98 Å². The zero-order chi connectivity index (χ0) is 10.6. The van der Waals surface area contributed by atoms with Gasteiger partial charge in [0, 0.05) is 11.8 Å². The Morgan fingerprint density at radius 3 is 2.87 bits per heavy atom. The summed E-state index contributed by atoms with van der Waals surface area (Å²) in [5.41, 5.74) is 5.77. The van der Waals surface area contributed by atoms with Crippen LogP contribution in [-0.4, -0.2) is 27.6 Å². The monoisotopic (exact) mass is 247 g/mol. The van der Waals surface area contributed by atoms with Crippen molar-refractivity contribution in [2.24, 2.45) is 5.73 Å². The molecule has 0 saturated carbocycles. The van der Waals surface area contributed by atoms with Crippen LogP contribution in [0.4, 0.5) is 0 Å². The fourth-order valence-corrected chi connectivity index (χ4v) is 1.57. The van der Waals surface area contributed by atoms with Crippen LogP contribution in [0.15, 0.2) is 23.4 Å². The van der Waals surface area contributed by atoms with Crippen LogP contribution in [0.3, 0.4) is 0 Å². The first-order chi connectivity index (χ1) is 6.61. The molecule has 0 fully saturated rings. The Bertz CT molecular complexity index is 373. The summed E-state index contributed by atoms with van der Waals surface area (Å²) in [6, 6.07) is 3.29. The highest BCUT2D eigenvalue weighted by atomic mass is 35.5. The van der Waals surface area contributed by atoms with E-state index in [4.69, 9.17) is 16.2 Å². The Balaban J connectivity index is 0.00000196. The molecule has 0 saturated heterocycles. The van der Waals surface area contributed by atoms with Crippen LogP contribution in [0.25, 0.3) is 0 Å². The molecule has 1 rings (SSSR count). The largest absolute Gasteiger partial charge is 0.481 e. The number of nitrogen functional groups attached to an aromatic ring is 1. The number of nitrogens with one attached hydrogen (secondary N) is 1. The first kappa shape index (κ1) is 13.7. The highest BCUT2D eigenvalue weighted by Crippen LogP contribution is 2.18. The standard InChI is InChI=1S/C8H9N3O2S.ClH/c9-7(10)5-2-1-3-11-8(5)14-4-6(12)13;/h1-3H,4H2,(H3,9,10)(H,12,13);1H. The number of hydrogen-bond donors (Lipinski definition) is 3. The summed E-state index contributed by atoms with van der Waals surface area (Å²) in [5, 5.41) is 16.2. The molecular weight excluding hydrogens is 238 g/mol. The number of amidine groups is 1. The second kappa shape index (κ2) is 6.26. The predicted molar refractivity (Wildman–Crippen MR) is 60.9 cm³/mol. The first-order valence-corrected chi connectivity index (χ1v) is 4.74. The second-order valence-corrected chi connectivity index (χ2v) is 3.42. The first-order valence-electron chi connectivity index (χ1n) is 3.75. The number of pyridine rings is 1. The third-order valence-electron chi connectivity index (χ3n) is 1.39. The summed E-state index contributed by atoms with van der Waals surface area (Å²) in [6.07, 6.45) is 1.54. The van der Waals surface area contributed by atoms with Gasteiger partial charge in [-0.15, -0.1) is 12.4 Å². The molecule has 0 aliphatic rings. The molecule has 0 aliphatic carbocycles. The van der Waals surface area contributed by atoms with E-state index in [0.717, 1.165) is 11.8 Å². The average molecular weight is 248 g/mol. The summed E-state index contributed by atoms with van der Waals surface area (Å²) in [4.78, 5) is 14.3. The number of thioether (sulfide) groups is 1. The van der Waals surface area contributed by atoms with Crippen molar-refractivity contribution in [1.82, 2.24) is 4.98 Å². The minimum absolute atomic E-state index is 0. The number of rotatable bonds is 4. The zero-order valence-electron chi connectivity index (χ0n) is 7.64. The number of aromatic nitrogens is 1. The molecule has 0 aliphatic heterocycles. The minimum atomic E-state index is -0.921. The van der Waals surface area contributed by atoms with Crippen molar-refractivity contribution in [2.75, 3.05) is 5.75 Å². The molecule has 0 unspecified atom stereocenters. The Morgan fingerprint density at radius 2 is 2.33 bits per heavy atom. The van der Waals surface area contributed by atoms with Gasteiger partial charge in [-0.05, 0) is 12.1 Å². The quantitative estimate of drug-likeness (QED) is 0.418. The van der Waals surface area contributed by atoms with E-state index in [-0.39, 0.29) is 24.0 Å². The van der Waals surface area contributed by atoms with Crippen LogP contribution in [0.1, 0.15) is 5.56 Å². The number of halogens is 1. The minimum Gasteiger partial charge on any atom is -0.481 e. The van der Waals surface area contributed by atoms with Gasteiger partial charge < -0.3 is 10.8 Å². The molecule has 15 heavy (non-hydrogen) atoms. The molecule has 0 aromatic carbocycles. The molecule has 0 spiro atoms. The van der Waals surface area contributed by atoms with E-state index < -0.39 is 5.97 Å². The highest BCUT2D eigenvalue weighted by Gasteiger charge is 2.08.